The highest BCUT2D eigenvalue weighted by Gasteiger charge is 2.22. The number of hydrogen-bond acceptors (Lipinski definition) is 3. The van der Waals surface area contributed by atoms with E-state index in [1.807, 2.05) is 24.3 Å². The van der Waals surface area contributed by atoms with Gasteiger partial charge in [0.2, 0.25) is 0 Å². The van der Waals surface area contributed by atoms with Crippen molar-refractivity contribution < 1.29 is 9.53 Å². The summed E-state index contributed by atoms with van der Waals surface area (Å²) in [5.74, 6) is 1.98. The maximum Gasteiger partial charge on any atom is 0.343 e. The fourth-order valence-corrected chi connectivity index (χ4v) is 5.83. The molecule has 0 amide bonds. The Bertz CT molecular complexity index is 1010. The molecular weight excluding hydrogens is 466 g/mol. The van der Waals surface area contributed by atoms with Gasteiger partial charge in [0, 0.05) is 0 Å². The van der Waals surface area contributed by atoms with E-state index in [2.05, 4.69) is 39.0 Å². The molecule has 0 saturated heterocycles. The highest BCUT2D eigenvalue weighted by atomic mass is 16.5. The van der Waals surface area contributed by atoms with Crippen LogP contribution in [0, 0.1) is 23.2 Å². The molecule has 38 heavy (non-hydrogen) atoms. The first-order chi connectivity index (χ1) is 18.5. The van der Waals surface area contributed by atoms with Gasteiger partial charge < -0.3 is 4.74 Å². The first-order valence-electron chi connectivity index (χ1n) is 15.4. The zero-order valence-corrected chi connectivity index (χ0v) is 24.1. The second kappa shape index (κ2) is 16.4. The van der Waals surface area contributed by atoms with Gasteiger partial charge in [-0.1, -0.05) is 103 Å². The smallest absolute Gasteiger partial charge is 0.343 e. The van der Waals surface area contributed by atoms with Crippen molar-refractivity contribution >= 4 is 5.97 Å². The van der Waals surface area contributed by atoms with Crippen LogP contribution in [0.2, 0.25) is 0 Å². The lowest BCUT2D eigenvalue weighted by Crippen LogP contribution is -2.14. The molecule has 1 aliphatic carbocycles. The van der Waals surface area contributed by atoms with E-state index in [1.165, 1.54) is 89.0 Å². The molecule has 2 aromatic rings. The van der Waals surface area contributed by atoms with E-state index in [0.29, 0.717) is 28.7 Å². The van der Waals surface area contributed by atoms with E-state index in [-0.39, 0.29) is 0 Å². The van der Waals surface area contributed by atoms with Crippen LogP contribution in [-0.4, -0.2) is 5.97 Å². The molecule has 1 aliphatic rings. The van der Waals surface area contributed by atoms with Gasteiger partial charge in [-0.15, -0.1) is 0 Å². The van der Waals surface area contributed by atoms with Crippen molar-refractivity contribution in [3.05, 3.63) is 64.7 Å². The van der Waals surface area contributed by atoms with Gasteiger partial charge >= 0.3 is 5.97 Å². The van der Waals surface area contributed by atoms with Gasteiger partial charge in [0.1, 0.15) is 11.8 Å². The Kier molecular flexibility index (Phi) is 12.9. The van der Waals surface area contributed by atoms with Crippen LogP contribution in [0.5, 0.6) is 5.75 Å². The quantitative estimate of drug-likeness (QED) is 0.135. The standard InChI is InChI=1S/C35H49NO2/c1-4-6-7-8-9-10-11-12-13-28-14-17-30(18-15-28)31-19-21-32(22-20-31)35(37)38-34-23-16-29(24-27(3)5-2)25-33(34)26-36/h16,19-23,25,27-28,30H,4-15,17-18,24H2,1-3H3. The molecule has 0 N–H and O–H groups in total. The van der Waals surface area contributed by atoms with E-state index >= 15 is 0 Å². The van der Waals surface area contributed by atoms with E-state index in [0.717, 1.165) is 24.3 Å². The van der Waals surface area contributed by atoms with Gasteiger partial charge in [-0.05, 0) is 85.3 Å². The minimum atomic E-state index is -0.406. The molecular formula is C35H49NO2. The van der Waals surface area contributed by atoms with Crippen LogP contribution in [0.25, 0.3) is 0 Å². The average molecular weight is 516 g/mol. The number of esters is 1. The van der Waals surface area contributed by atoms with Gasteiger partial charge in [0.25, 0.3) is 0 Å². The minimum absolute atomic E-state index is 0.337. The highest BCUT2D eigenvalue weighted by molar-refractivity contribution is 5.91. The molecule has 0 spiro atoms. The maximum absolute atomic E-state index is 12.8. The van der Waals surface area contributed by atoms with E-state index in [4.69, 9.17) is 4.74 Å². The molecule has 0 aliphatic heterocycles. The van der Waals surface area contributed by atoms with Crippen molar-refractivity contribution in [2.75, 3.05) is 0 Å². The number of nitrogens with zero attached hydrogens (tertiary/aromatic N) is 1. The van der Waals surface area contributed by atoms with Crippen molar-refractivity contribution in [3.63, 3.8) is 0 Å². The number of unbranched alkanes of at least 4 members (excludes halogenated alkanes) is 7. The van der Waals surface area contributed by atoms with Gasteiger partial charge in [0.05, 0.1) is 11.1 Å². The van der Waals surface area contributed by atoms with Crippen molar-refractivity contribution in [3.8, 4) is 11.8 Å². The van der Waals surface area contributed by atoms with Crippen LogP contribution in [0.15, 0.2) is 42.5 Å². The zero-order valence-electron chi connectivity index (χ0n) is 24.1. The van der Waals surface area contributed by atoms with Gasteiger partial charge in [-0.25, -0.2) is 4.79 Å². The topological polar surface area (TPSA) is 50.1 Å². The molecule has 0 radical (unpaired) electrons. The zero-order chi connectivity index (χ0) is 27.2. The summed E-state index contributed by atoms with van der Waals surface area (Å²) >= 11 is 0. The maximum atomic E-state index is 12.8. The molecule has 3 heteroatoms. The van der Waals surface area contributed by atoms with Crippen molar-refractivity contribution in [2.24, 2.45) is 11.8 Å². The second-order valence-electron chi connectivity index (χ2n) is 11.7. The monoisotopic (exact) mass is 515 g/mol. The van der Waals surface area contributed by atoms with Gasteiger partial charge in [0.15, 0.2) is 0 Å². The summed E-state index contributed by atoms with van der Waals surface area (Å²) in [5, 5.41) is 9.58. The number of ether oxygens (including phenoxy) is 1. The van der Waals surface area contributed by atoms with Crippen molar-refractivity contribution in [2.45, 2.75) is 123 Å². The molecule has 0 bridgehead atoms. The molecule has 1 saturated carbocycles. The van der Waals surface area contributed by atoms with Crippen LogP contribution < -0.4 is 4.74 Å². The number of carbonyl (C=O) groups is 1. The molecule has 1 unspecified atom stereocenters. The largest absolute Gasteiger partial charge is 0.422 e. The molecule has 3 nitrogen and oxygen atoms in total. The predicted molar refractivity (Wildman–Crippen MR) is 158 cm³/mol. The Morgan fingerprint density at radius 2 is 1.58 bits per heavy atom. The normalized spacial score (nSPS) is 18.1. The summed E-state index contributed by atoms with van der Waals surface area (Å²) in [5.41, 5.74) is 3.39. The third kappa shape index (κ3) is 9.61. The summed E-state index contributed by atoms with van der Waals surface area (Å²) in [6, 6.07) is 15.7. The van der Waals surface area contributed by atoms with Crippen LogP contribution in [0.1, 0.15) is 144 Å². The molecule has 0 aromatic heterocycles. The lowest BCUT2D eigenvalue weighted by Gasteiger charge is -2.29. The first-order valence-corrected chi connectivity index (χ1v) is 15.4. The first kappa shape index (κ1) is 29.9. The summed E-state index contributed by atoms with van der Waals surface area (Å²) in [4.78, 5) is 12.8. The molecule has 0 heterocycles. The summed E-state index contributed by atoms with van der Waals surface area (Å²) in [7, 11) is 0. The Balaban J connectivity index is 1.42. The highest BCUT2D eigenvalue weighted by Crippen LogP contribution is 2.38. The fourth-order valence-electron chi connectivity index (χ4n) is 5.83. The van der Waals surface area contributed by atoms with E-state index in [9.17, 15) is 10.1 Å². The number of rotatable bonds is 15. The van der Waals surface area contributed by atoms with Crippen LogP contribution in [0.4, 0.5) is 0 Å². The third-order valence-electron chi connectivity index (χ3n) is 8.58. The average Bonchev–Trinajstić information content (AvgIpc) is 2.95. The predicted octanol–water partition coefficient (Wildman–Crippen LogP) is 10.2. The van der Waals surface area contributed by atoms with Crippen LogP contribution in [-0.2, 0) is 6.42 Å². The number of benzene rings is 2. The minimum Gasteiger partial charge on any atom is -0.422 e. The SMILES string of the molecule is CCCCCCCCCCC1CCC(c2ccc(C(=O)Oc3ccc(CC(C)CC)cc3C#N)cc2)CC1. The van der Waals surface area contributed by atoms with Gasteiger partial charge in [-0.2, -0.15) is 5.26 Å². The number of hydrogen-bond donors (Lipinski definition) is 0. The Hall–Kier alpha value is -2.60. The lowest BCUT2D eigenvalue weighted by molar-refractivity contribution is 0.0734. The summed E-state index contributed by atoms with van der Waals surface area (Å²) in [6.45, 7) is 6.65. The summed E-state index contributed by atoms with van der Waals surface area (Å²) < 4.78 is 5.63. The second-order valence-corrected chi connectivity index (χ2v) is 11.7. The summed E-state index contributed by atoms with van der Waals surface area (Å²) in [6.07, 6.45) is 19.8. The Morgan fingerprint density at radius 3 is 2.21 bits per heavy atom. The van der Waals surface area contributed by atoms with Crippen molar-refractivity contribution in [1.82, 2.24) is 0 Å². The Morgan fingerprint density at radius 1 is 0.921 bits per heavy atom. The lowest BCUT2D eigenvalue weighted by atomic mass is 9.77. The number of carbonyl (C=O) groups excluding carboxylic acids is 1. The molecule has 2 aromatic carbocycles. The fraction of sp³-hybridized carbons (Fsp3) is 0.600. The van der Waals surface area contributed by atoms with Crippen molar-refractivity contribution in [1.29, 1.82) is 5.26 Å². The van der Waals surface area contributed by atoms with Crippen LogP contribution in [0.3, 0.4) is 0 Å². The Labute approximate surface area is 232 Å². The molecule has 1 atom stereocenters. The van der Waals surface area contributed by atoms with E-state index in [1.54, 1.807) is 6.07 Å². The van der Waals surface area contributed by atoms with Crippen LogP contribution >= 0.6 is 0 Å². The molecule has 3 rings (SSSR count). The molecule has 1 fully saturated rings. The van der Waals surface area contributed by atoms with Gasteiger partial charge in [-0.3, -0.25) is 0 Å². The molecule has 206 valence electrons. The third-order valence-corrected chi connectivity index (χ3v) is 8.58. The van der Waals surface area contributed by atoms with E-state index < -0.39 is 5.97 Å². The number of nitriles is 1.